The van der Waals surface area contributed by atoms with E-state index < -0.39 is 18.0 Å². The van der Waals surface area contributed by atoms with Gasteiger partial charge >= 0.3 is 63.3 Å². The normalized spacial score (nSPS) is 11.7. The number of carbonyl (C=O) groups excluding carboxylic acids is 2. The smallest absolute Gasteiger partial charge is 1.00 e. The molecule has 0 saturated carbocycles. The Morgan fingerprint density at radius 1 is 0.769 bits per heavy atom. The molecule has 26 heavy (non-hydrogen) atoms. The standard InChI is InChI=1S/C21H40O4.K.H/c1-3-4-5-6-7-8-9-10-11-12-13-14-15-16-17-18-20(23)25-21(24)19(2)22;;/h19,22H,3-18H2,1-2H3;;/q;+1;-1. The van der Waals surface area contributed by atoms with Crippen LogP contribution in [0.15, 0.2) is 0 Å². The van der Waals surface area contributed by atoms with Crippen LogP contribution in [0.2, 0.25) is 0 Å². The van der Waals surface area contributed by atoms with Crippen LogP contribution in [0.5, 0.6) is 0 Å². The first-order valence-corrected chi connectivity index (χ1v) is 10.5. The molecule has 0 radical (unpaired) electrons. The first-order chi connectivity index (χ1) is 12.1. The van der Waals surface area contributed by atoms with Crippen molar-refractivity contribution in [2.45, 2.75) is 123 Å². The maximum atomic E-state index is 11.3. The number of aliphatic hydroxyl groups excluding tert-OH is 1. The van der Waals surface area contributed by atoms with Gasteiger partial charge in [0.2, 0.25) is 0 Å². The number of hydrogen-bond donors (Lipinski definition) is 1. The Morgan fingerprint density at radius 2 is 1.12 bits per heavy atom. The summed E-state index contributed by atoms with van der Waals surface area (Å²) in [5.74, 6) is -1.38. The molecule has 0 aliphatic heterocycles. The van der Waals surface area contributed by atoms with Crippen LogP contribution in [-0.4, -0.2) is 23.1 Å². The molecule has 1 unspecified atom stereocenters. The quantitative estimate of drug-likeness (QED) is 0.178. The van der Waals surface area contributed by atoms with Crippen LogP contribution < -0.4 is 51.4 Å². The van der Waals surface area contributed by atoms with Gasteiger partial charge in [-0.3, -0.25) is 4.79 Å². The van der Waals surface area contributed by atoms with Crippen molar-refractivity contribution in [2.75, 3.05) is 0 Å². The van der Waals surface area contributed by atoms with Crippen LogP contribution in [0.1, 0.15) is 118 Å². The van der Waals surface area contributed by atoms with E-state index in [1.807, 2.05) is 0 Å². The molecule has 0 bridgehead atoms. The van der Waals surface area contributed by atoms with Crippen molar-refractivity contribution in [3.8, 4) is 0 Å². The SMILES string of the molecule is CCCCCCCCCCCCCCCCCC(=O)OC(=O)C(C)O.[H-].[K+]. The maximum Gasteiger partial charge on any atom is 1.00 e. The zero-order chi connectivity index (χ0) is 18.8. The number of carbonyl (C=O) groups is 2. The third kappa shape index (κ3) is 21.0. The Kier molecular flexibility index (Phi) is 24.5. The van der Waals surface area contributed by atoms with Gasteiger partial charge in [-0.1, -0.05) is 96.8 Å². The van der Waals surface area contributed by atoms with Crippen molar-refractivity contribution in [1.29, 1.82) is 0 Å². The van der Waals surface area contributed by atoms with E-state index in [1.165, 1.54) is 84.0 Å². The summed E-state index contributed by atoms with van der Waals surface area (Å²) in [4.78, 5) is 22.4. The molecule has 0 aliphatic carbocycles. The van der Waals surface area contributed by atoms with Crippen LogP contribution in [0, 0.1) is 0 Å². The number of aliphatic hydroxyl groups is 1. The van der Waals surface area contributed by atoms with Gasteiger partial charge in [-0.25, -0.2) is 4.79 Å². The van der Waals surface area contributed by atoms with Gasteiger partial charge < -0.3 is 11.3 Å². The summed E-state index contributed by atoms with van der Waals surface area (Å²) in [5.41, 5.74) is 0. The third-order valence-corrected chi connectivity index (χ3v) is 4.54. The molecule has 0 aromatic carbocycles. The minimum atomic E-state index is -1.23. The molecule has 0 aromatic rings. The first-order valence-electron chi connectivity index (χ1n) is 10.5. The van der Waals surface area contributed by atoms with E-state index in [9.17, 15) is 9.59 Å². The van der Waals surface area contributed by atoms with Crippen LogP contribution in [0.3, 0.4) is 0 Å². The second-order valence-electron chi connectivity index (χ2n) is 7.17. The zero-order valence-corrected chi connectivity index (χ0v) is 20.7. The number of unbranched alkanes of at least 4 members (excludes halogenated alkanes) is 14. The van der Waals surface area contributed by atoms with Gasteiger partial charge in [-0.2, -0.15) is 0 Å². The topological polar surface area (TPSA) is 63.6 Å². The van der Waals surface area contributed by atoms with E-state index in [0.717, 1.165) is 19.3 Å². The van der Waals surface area contributed by atoms with Gasteiger partial charge in [0.05, 0.1) is 0 Å². The van der Waals surface area contributed by atoms with Gasteiger partial charge in [0.15, 0.2) is 0 Å². The molecule has 1 atom stereocenters. The molecule has 1 N–H and O–H groups in total. The molecule has 0 aliphatic rings. The van der Waals surface area contributed by atoms with Crippen molar-refractivity contribution in [2.24, 2.45) is 0 Å². The zero-order valence-electron chi connectivity index (χ0n) is 18.6. The molecule has 0 rings (SSSR count). The minimum Gasteiger partial charge on any atom is -1.00 e. The van der Waals surface area contributed by atoms with E-state index in [2.05, 4.69) is 11.7 Å². The molecule has 150 valence electrons. The molecule has 4 nitrogen and oxygen atoms in total. The second kappa shape index (κ2) is 22.0. The van der Waals surface area contributed by atoms with Crippen molar-refractivity contribution in [3.05, 3.63) is 0 Å². The second-order valence-corrected chi connectivity index (χ2v) is 7.17. The van der Waals surface area contributed by atoms with E-state index >= 15 is 0 Å². The average molecular weight is 397 g/mol. The van der Waals surface area contributed by atoms with E-state index in [1.54, 1.807) is 0 Å². The molecule has 0 fully saturated rings. The van der Waals surface area contributed by atoms with Gasteiger partial charge in [-0.05, 0) is 13.3 Å². The molecule has 0 heterocycles. The largest absolute Gasteiger partial charge is 1.00 e. The fraction of sp³-hybridized carbons (Fsp3) is 0.905. The summed E-state index contributed by atoms with van der Waals surface area (Å²) in [5, 5.41) is 8.95. The van der Waals surface area contributed by atoms with Gasteiger partial charge in [0.25, 0.3) is 0 Å². The summed E-state index contributed by atoms with van der Waals surface area (Å²) in [7, 11) is 0. The van der Waals surface area contributed by atoms with Crippen LogP contribution in [-0.2, 0) is 14.3 Å². The Hall–Kier alpha value is 0.736. The Labute approximate surface area is 205 Å². The molecule has 0 spiro atoms. The van der Waals surface area contributed by atoms with Gasteiger partial charge in [-0.15, -0.1) is 0 Å². The summed E-state index contributed by atoms with van der Waals surface area (Å²) < 4.78 is 4.50. The van der Waals surface area contributed by atoms with Crippen LogP contribution in [0.4, 0.5) is 0 Å². The average Bonchev–Trinajstić information content (AvgIpc) is 2.58. The Balaban J connectivity index is -0.00000288. The number of rotatable bonds is 17. The van der Waals surface area contributed by atoms with Crippen molar-refractivity contribution < 1.29 is 72.2 Å². The fourth-order valence-electron chi connectivity index (χ4n) is 2.89. The van der Waals surface area contributed by atoms with E-state index in [4.69, 9.17) is 5.11 Å². The number of esters is 2. The van der Waals surface area contributed by atoms with E-state index in [0.29, 0.717) is 0 Å². The van der Waals surface area contributed by atoms with E-state index in [-0.39, 0.29) is 59.2 Å². The minimum absolute atomic E-state index is 0. The third-order valence-electron chi connectivity index (χ3n) is 4.54. The maximum absolute atomic E-state index is 11.3. The molecule has 0 saturated heterocycles. The molecule has 0 amide bonds. The molecule has 0 aromatic heterocycles. The van der Waals surface area contributed by atoms with Crippen LogP contribution >= 0.6 is 0 Å². The first kappa shape index (κ1) is 28.9. The Bertz CT molecular complexity index is 338. The molecular formula is C21H41KO4. The number of ether oxygens (including phenoxy) is 1. The predicted octanol–water partition coefficient (Wildman–Crippen LogP) is 2.82. The molecule has 5 heteroatoms. The van der Waals surface area contributed by atoms with Crippen LogP contribution in [0.25, 0.3) is 0 Å². The van der Waals surface area contributed by atoms with Gasteiger partial charge in [0.1, 0.15) is 6.10 Å². The van der Waals surface area contributed by atoms with Crippen molar-refractivity contribution in [1.82, 2.24) is 0 Å². The Morgan fingerprint density at radius 3 is 1.46 bits per heavy atom. The summed E-state index contributed by atoms with van der Waals surface area (Å²) in [6, 6.07) is 0. The van der Waals surface area contributed by atoms with Crippen molar-refractivity contribution in [3.63, 3.8) is 0 Å². The summed E-state index contributed by atoms with van der Waals surface area (Å²) in [6.45, 7) is 3.55. The number of hydrogen-bond acceptors (Lipinski definition) is 4. The molecular weight excluding hydrogens is 355 g/mol. The van der Waals surface area contributed by atoms with Crippen molar-refractivity contribution >= 4 is 11.9 Å². The van der Waals surface area contributed by atoms with Gasteiger partial charge in [0, 0.05) is 6.42 Å². The summed E-state index contributed by atoms with van der Waals surface area (Å²) in [6.07, 6.45) is 18.2. The summed E-state index contributed by atoms with van der Waals surface area (Å²) >= 11 is 0. The predicted molar refractivity (Wildman–Crippen MR) is 103 cm³/mol. The monoisotopic (exact) mass is 396 g/mol. The fourth-order valence-corrected chi connectivity index (χ4v) is 2.89.